The van der Waals surface area contributed by atoms with Crippen LogP contribution in [0.15, 0.2) is 18.2 Å². The molecule has 1 aromatic heterocycles. The molecule has 96 valence electrons. The maximum absolute atomic E-state index is 4.71. The lowest BCUT2D eigenvalue weighted by Crippen LogP contribution is -2.11. The molecule has 2 nitrogen and oxygen atoms in total. The third kappa shape index (κ3) is 2.62. The fraction of sp³-hybridized carbons (Fsp3) is 0.400. The van der Waals surface area contributed by atoms with Gasteiger partial charge in [0, 0.05) is 16.5 Å². The van der Waals surface area contributed by atoms with Crippen molar-refractivity contribution in [2.45, 2.75) is 33.7 Å². The molecule has 1 atom stereocenters. The van der Waals surface area contributed by atoms with Crippen molar-refractivity contribution < 1.29 is 0 Å². The zero-order chi connectivity index (χ0) is 13.3. The Bertz CT molecular complexity index is 537. The van der Waals surface area contributed by atoms with Gasteiger partial charge in [-0.05, 0) is 46.9 Å². The van der Waals surface area contributed by atoms with Gasteiger partial charge in [-0.1, -0.05) is 17.2 Å². The summed E-state index contributed by atoms with van der Waals surface area (Å²) in [5, 5.41) is 4.40. The SMILES string of the molecule is CNC(C)c1sc(-c2cc(C)cc(C)c2)nc1C. The predicted molar refractivity (Wildman–Crippen MR) is 79.2 cm³/mol. The molecule has 2 aromatic rings. The molecule has 18 heavy (non-hydrogen) atoms. The molecule has 0 aliphatic carbocycles. The van der Waals surface area contributed by atoms with Crippen LogP contribution in [0.5, 0.6) is 0 Å². The minimum absolute atomic E-state index is 0.363. The monoisotopic (exact) mass is 260 g/mol. The highest BCUT2D eigenvalue weighted by molar-refractivity contribution is 7.15. The highest BCUT2D eigenvalue weighted by atomic mass is 32.1. The Morgan fingerprint density at radius 3 is 2.28 bits per heavy atom. The Morgan fingerprint density at radius 1 is 1.11 bits per heavy atom. The topological polar surface area (TPSA) is 24.9 Å². The van der Waals surface area contributed by atoms with Crippen molar-refractivity contribution in [3.8, 4) is 10.6 Å². The maximum Gasteiger partial charge on any atom is 0.123 e. The largest absolute Gasteiger partial charge is 0.312 e. The molecule has 0 amide bonds. The Morgan fingerprint density at radius 2 is 1.72 bits per heavy atom. The fourth-order valence-corrected chi connectivity index (χ4v) is 3.28. The third-order valence-electron chi connectivity index (χ3n) is 3.13. The lowest BCUT2D eigenvalue weighted by molar-refractivity contribution is 0.658. The average molecular weight is 260 g/mol. The molecule has 1 unspecified atom stereocenters. The number of hydrogen-bond acceptors (Lipinski definition) is 3. The zero-order valence-electron chi connectivity index (χ0n) is 11.7. The number of benzene rings is 1. The molecule has 0 aliphatic rings. The van der Waals surface area contributed by atoms with Gasteiger partial charge in [0.05, 0.1) is 5.69 Å². The van der Waals surface area contributed by atoms with Gasteiger partial charge in [-0.2, -0.15) is 0 Å². The molecule has 1 N–H and O–H groups in total. The van der Waals surface area contributed by atoms with Gasteiger partial charge < -0.3 is 5.32 Å². The lowest BCUT2D eigenvalue weighted by Gasteiger charge is -2.07. The quantitative estimate of drug-likeness (QED) is 0.901. The van der Waals surface area contributed by atoms with Crippen LogP contribution in [0.4, 0.5) is 0 Å². The Hall–Kier alpha value is -1.19. The molecule has 0 aliphatic heterocycles. The van der Waals surface area contributed by atoms with E-state index in [0.29, 0.717) is 6.04 Å². The number of hydrogen-bond donors (Lipinski definition) is 1. The van der Waals surface area contributed by atoms with E-state index < -0.39 is 0 Å². The highest BCUT2D eigenvalue weighted by Gasteiger charge is 2.14. The van der Waals surface area contributed by atoms with Gasteiger partial charge in [0.1, 0.15) is 5.01 Å². The summed E-state index contributed by atoms with van der Waals surface area (Å²) in [6.45, 7) is 8.53. The van der Waals surface area contributed by atoms with E-state index in [1.807, 2.05) is 7.05 Å². The van der Waals surface area contributed by atoms with Crippen LogP contribution >= 0.6 is 11.3 Å². The molecule has 0 fully saturated rings. The molecule has 2 rings (SSSR count). The van der Waals surface area contributed by atoms with Crippen LogP contribution in [0.25, 0.3) is 10.6 Å². The zero-order valence-corrected chi connectivity index (χ0v) is 12.5. The van der Waals surface area contributed by atoms with Crippen molar-refractivity contribution in [1.82, 2.24) is 10.3 Å². The summed E-state index contributed by atoms with van der Waals surface area (Å²) in [5.74, 6) is 0. The van der Waals surface area contributed by atoms with Gasteiger partial charge in [0.15, 0.2) is 0 Å². The van der Waals surface area contributed by atoms with E-state index in [1.54, 1.807) is 11.3 Å². The van der Waals surface area contributed by atoms with E-state index >= 15 is 0 Å². The number of nitrogens with zero attached hydrogens (tertiary/aromatic N) is 1. The van der Waals surface area contributed by atoms with Crippen LogP contribution < -0.4 is 5.32 Å². The molecule has 0 bridgehead atoms. The molecular weight excluding hydrogens is 240 g/mol. The molecule has 1 heterocycles. The summed E-state index contributed by atoms with van der Waals surface area (Å²) in [4.78, 5) is 6.04. The van der Waals surface area contributed by atoms with E-state index in [-0.39, 0.29) is 0 Å². The summed E-state index contributed by atoms with van der Waals surface area (Å²) in [5.41, 5.74) is 4.95. The van der Waals surface area contributed by atoms with Gasteiger partial charge in [-0.15, -0.1) is 11.3 Å². The average Bonchev–Trinajstić information content (AvgIpc) is 2.69. The molecular formula is C15H20N2S. The second-order valence-electron chi connectivity index (χ2n) is 4.86. The number of aryl methyl sites for hydroxylation is 3. The van der Waals surface area contributed by atoms with Crippen LogP contribution in [0.2, 0.25) is 0 Å². The first kappa shape index (κ1) is 13.2. The summed E-state index contributed by atoms with van der Waals surface area (Å²) < 4.78 is 0. The molecule has 0 saturated heterocycles. The fourth-order valence-electron chi connectivity index (χ4n) is 2.16. The van der Waals surface area contributed by atoms with Gasteiger partial charge >= 0.3 is 0 Å². The van der Waals surface area contributed by atoms with E-state index in [0.717, 1.165) is 10.7 Å². The van der Waals surface area contributed by atoms with Crippen molar-refractivity contribution in [2.24, 2.45) is 0 Å². The molecule has 0 spiro atoms. The van der Waals surface area contributed by atoms with Crippen molar-refractivity contribution in [1.29, 1.82) is 0 Å². The standard InChI is InChI=1S/C15H20N2S/c1-9-6-10(2)8-13(7-9)15-17-12(4)14(18-15)11(3)16-5/h6-8,11,16H,1-5H3. The minimum atomic E-state index is 0.363. The third-order valence-corrected chi connectivity index (χ3v) is 4.52. The van der Waals surface area contributed by atoms with E-state index in [2.05, 4.69) is 51.2 Å². The summed E-state index contributed by atoms with van der Waals surface area (Å²) >= 11 is 1.79. The summed E-state index contributed by atoms with van der Waals surface area (Å²) in [6.07, 6.45) is 0. The highest BCUT2D eigenvalue weighted by Crippen LogP contribution is 2.32. The van der Waals surface area contributed by atoms with Crippen molar-refractivity contribution in [2.75, 3.05) is 7.05 Å². The van der Waals surface area contributed by atoms with E-state index in [1.165, 1.54) is 21.6 Å². The second kappa shape index (κ2) is 5.21. The van der Waals surface area contributed by atoms with Crippen molar-refractivity contribution in [3.05, 3.63) is 39.9 Å². The summed E-state index contributed by atoms with van der Waals surface area (Å²) in [7, 11) is 1.99. The van der Waals surface area contributed by atoms with Gasteiger partial charge in [0.2, 0.25) is 0 Å². The van der Waals surface area contributed by atoms with Gasteiger partial charge in [-0.25, -0.2) is 4.98 Å². The number of nitrogens with one attached hydrogen (secondary N) is 1. The molecule has 3 heteroatoms. The van der Waals surface area contributed by atoms with Crippen LogP contribution in [0.1, 0.15) is 34.7 Å². The van der Waals surface area contributed by atoms with Crippen molar-refractivity contribution in [3.63, 3.8) is 0 Å². The smallest absolute Gasteiger partial charge is 0.123 e. The summed E-state index contributed by atoms with van der Waals surface area (Å²) in [6, 6.07) is 6.97. The van der Waals surface area contributed by atoms with Crippen LogP contribution in [-0.4, -0.2) is 12.0 Å². The normalized spacial score (nSPS) is 12.7. The molecule has 0 saturated carbocycles. The lowest BCUT2D eigenvalue weighted by atomic mass is 10.1. The number of aromatic nitrogens is 1. The predicted octanol–water partition coefficient (Wildman–Crippen LogP) is 4.02. The first-order valence-electron chi connectivity index (χ1n) is 6.24. The Kier molecular flexibility index (Phi) is 3.83. The Labute approximate surface area is 113 Å². The first-order valence-corrected chi connectivity index (χ1v) is 7.06. The van der Waals surface area contributed by atoms with E-state index in [9.17, 15) is 0 Å². The maximum atomic E-state index is 4.71. The Balaban J connectivity index is 2.45. The number of rotatable bonds is 3. The molecule has 1 aromatic carbocycles. The van der Waals surface area contributed by atoms with E-state index in [4.69, 9.17) is 4.98 Å². The number of thiazole rings is 1. The van der Waals surface area contributed by atoms with Gasteiger partial charge in [-0.3, -0.25) is 0 Å². The van der Waals surface area contributed by atoms with Crippen LogP contribution in [0.3, 0.4) is 0 Å². The second-order valence-corrected chi connectivity index (χ2v) is 5.89. The minimum Gasteiger partial charge on any atom is -0.312 e. The van der Waals surface area contributed by atoms with Crippen molar-refractivity contribution >= 4 is 11.3 Å². The van der Waals surface area contributed by atoms with Crippen LogP contribution in [-0.2, 0) is 0 Å². The molecule has 0 radical (unpaired) electrons. The van der Waals surface area contributed by atoms with Gasteiger partial charge in [0.25, 0.3) is 0 Å². The first-order chi connectivity index (χ1) is 8.51. The van der Waals surface area contributed by atoms with Crippen LogP contribution in [0, 0.1) is 20.8 Å².